The highest BCUT2D eigenvalue weighted by atomic mass is 32.1. The van der Waals surface area contributed by atoms with Crippen molar-refractivity contribution in [1.29, 1.82) is 0 Å². The van der Waals surface area contributed by atoms with Gasteiger partial charge >= 0.3 is 6.09 Å². The zero-order valence-electron chi connectivity index (χ0n) is 15.2. The zero-order valence-corrected chi connectivity index (χ0v) is 16.0. The van der Waals surface area contributed by atoms with Crippen LogP contribution in [0.3, 0.4) is 0 Å². The molecule has 1 aromatic carbocycles. The van der Waals surface area contributed by atoms with Gasteiger partial charge in [-0.3, -0.25) is 0 Å². The number of anilines is 2. The maximum absolute atomic E-state index is 13.5. The van der Waals surface area contributed by atoms with E-state index in [-0.39, 0.29) is 6.54 Å². The number of carbonyl (C=O) groups excluding carboxylic acids is 1. The van der Waals surface area contributed by atoms with Gasteiger partial charge in [0, 0.05) is 24.3 Å². The number of carbonyl (C=O) groups is 1. The summed E-state index contributed by atoms with van der Waals surface area (Å²) in [6.45, 7) is 0.108. The van der Waals surface area contributed by atoms with Crippen molar-refractivity contribution in [2.75, 3.05) is 11.9 Å². The molecular weight excluding hydrogens is 393 g/mol. The van der Waals surface area contributed by atoms with Gasteiger partial charge in [-0.2, -0.15) is 0 Å². The number of rotatable bonds is 6. The first-order chi connectivity index (χ1) is 14.1. The Hall–Kier alpha value is -3.43. The number of pyridine rings is 1. The summed E-state index contributed by atoms with van der Waals surface area (Å²) in [5, 5.41) is 9.07. The summed E-state index contributed by atoms with van der Waals surface area (Å²) >= 11 is 1.28. The van der Waals surface area contributed by atoms with Crippen LogP contribution < -0.4 is 21.1 Å². The van der Waals surface area contributed by atoms with Crippen molar-refractivity contribution in [2.24, 2.45) is 5.73 Å². The predicted octanol–water partition coefficient (Wildman–Crippen LogP) is 4.30. The molecule has 0 radical (unpaired) electrons. The smallest absolute Gasteiger partial charge is 0.397 e. The molecule has 148 valence electrons. The van der Waals surface area contributed by atoms with Gasteiger partial charge in [0.05, 0.1) is 17.4 Å². The number of nitrogens with one attached hydrogen (secondary N) is 3. The number of aromatic nitrogens is 2. The minimum Gasteiger partial charge on any atom is -0.397 e. The van der Waals surface area contributed by atoms with Crippen LogP contribution in [-0.4, -0.2) is 22.6 Å². The lowest BCUT2D eigenvalue weighted by Crippen LogP contribution is -2.35. The van der Waals surface area contributed by atoms with E-state index < -0.39 is 18.0 Å². The number of thiophene rings is 1. The van der Waals surface area contributed by atoms with Gasteiger partial charge in [-0.15, -0.1) is 11.3 Å². The highest BCUT2D eigenvalue weighted by Crippen LogP contribution is 2.35. The van der Waals surface area contributed by atoms with Crippen molar-refractivity contribution < 1.29 is 13.9 Å². The van der Waals surface area contributed by atoms with Crippen molar-refractivity contribution in [3.8, 4) is 5.06 Å². The minimum atomic E-state index is -0.670. The fourth-order valence-corrected chi connectivity index (χ4v) is 3.64. The predicted molar refractivity (Wildman–Crippen MR) is 111 cm³/mol. The first-order valence-electron chi connectivity index (χ1n) is 8.84. The van der Waals surface area contributed by atoms with Crippen molar-refractivity contribution in [3.05, 3.63) is 71.6 Å². The maximum Gasteiger partial charge on any atom is 0.414 e. The number of nitrogens with zero attached hydrogens (tertiary/aromatic N) is 1. The van der Waals surface area contributed by atoms with E-state index in [9.17, 15) is 9.18 Å². The largest absolute Gasteiger partial charge is 0.414 e. The van der Waals surface area contributed by atoms with Crippen LogP contribution in [0.5, 0.6) is 5.06 Å². The lowest BCUT2D eigenvalue weighted by Gasteiger charge is -2.17. The van der Waals surface area contributed by atoms with E-state index in [4.69, 9.17) is 10.5 Å². The van der Waals surface area contributed by atoms with Crippen molar-refractivity contribution >= 4 is 39.8 Å². The van der Waals surface area contributed by atoms with E-state index in [0.717, 1.165) is 16.7 Å². The van der Waals surface area contributed by atoms with Crippen LogP contribution in [0.4, 0.5) is 20.6 Å². The minimum absolute atomic E-state index is 0.108. The number of H-pyrrole nitrogens is 1. The number of hydrogen-bond donors (Lipinski definition) is 4. The summed E-state index contributed by atoms with van der Waals surface area (Å²) in [5.41, 5.74) is 8.55. The molecule has 4 rings (SSSR count). The Morgan fingerprint density at radius 2 is 2.17 bits per heavy atom. The summed E-state index contributed by atoms with van der Waals surface area (Å²) in [7, 11) is 0. The average molecular weight is 411 g/mol. The molecule has 29 heavy (non-hydrogen) atoms. The molecule has 0 aliphatic carbocycles. The van der Waals surface area contributed by atoms with Crippen LogP contribution in [-0.2, 0) is 0 Å². The molecule has 3 aromatic heterocycles. The summed E-state index contributed by atoms with van der Waals surface area (Å²) in [6.07, 6.45) is 2.82. The van der Waals surface area contributed by atoms with Gasteiger partial charge in [-0.05, 0) is 41.3 Å². The number of amides is 1. The molecule has 0 aliphatic rings. The number of aromatic amines is 1. The Morgan fingerprint density at radius 3 is 3.00 bits per heavy atom. The van der Waals surface area contributed by atoms with Gasteiger partial charge in [-0.1, -0.05) is 12.1 Å². The summed E-state index contributed by atoms with van der Waals surface area (Å²) < 4.78 is 18.9. The van der Waals surface area contributed by atoms with Crippen LogP contribution in [0, 0.1) is 5.82 Å². The molecule has 5 N–H and O–H groups in total. The monoisotopic (exact) mass is 411 g/mol. The first kappa shape index (κ1) is 18.9. The van der Waals surface area contributed by atoms with E-state index in [1.54, 1.807) is 24.5 Å². The van der Waals surface area contributed by atoms with Crippen molar-refractivity contribution in [3.63, 3.8) is 0 Å². The second kappa shape index (κ2) is 8.29. The quantitative estimate of drug-likeness (QED) is 0.379. The third-order valence-corrected chi connectivity index (χ3v) is 5.11. The second-order valence-corrected chi connectivity index (χ2v) is 7.10. The van der Waals surface area contributed by atoms with Gasteiger partial charge in [0.15, 0.2) is 0 Å². The third kappa shape index (κ3) is 4.20. The van der Waals surface area contributed by atoms with Gasteiger partial charge in [0.2, 0.25) is 5.06 Å². The van der Waals surface area contributed by atoms with Gasteiger partial charge in [-0.25, -0.2) is 14.2 Å². The molecule has 0 fully saturated rings. The standard InChI is InChI=1S/C20H18FN5O2S/c21-13-3-1-2-12(10-13)17(11-22)26-20(27)28-19-16(6-9-29-19)25-15-5-8-24-18-14(15)4-7-23-18/h1-10,17H,11,22H2,(H,26,27)(H2,23,24,25)/t17-/m1/s1. The molecule has 3 heterocycles. The molecule has 0 saturated carbocycles. The molecule has 0 bridgehead atoms. The van der Waals surface area contributed by atoms with E-state index in [1.165, 1.54) is 23.5 Å². The lowest BCUT2D eigenvalue weighted by molar-refractivity contribution is 0.198. The molecule has 1 amide bonds. The molecular formula is C20H18FN5O2S. The Kier molecular flexibility index (Phi) is 5.41. The summed E-state index contributed by atoms with van der Waals surface area (Å²) in [4.78, 5) is 19.7. The van der Waals surface area contributed by atoms with Crippen LogP contribution in [0.25, 0.3) is 11.0 Å². The van der Waals surface area contributed by atoms with Crippen LogP contribution in [0.2, 0.25) is 0 Å². The average Bonchev–Trinajstić information content (AvgIpc) is 3.36. The number of halogens is 1. The van der Waals surface area contributed by atoms with Gasteiger partial charge in [0.1, 0.15) is 11.5 Å². The Labute approximate surface area is 169 Å². The highest BCUT2D eigenvalue weighted by Gasteiger charge is 2.17. The Morgan fingerprint density at radius 1 is 1.28 bits per heavy atom. The molecule has 4 aromatic rings. The molecule has 0 saturated heterocycles. The van der Waals surface area contributed by atoms with Crippen LogP contribution >= 0.6 is 11.3 Å². The van der Waals surface area contributed by atoms with E-state index >= 15 is 0 Å². The van der Waals surface area contributed by atoms with E-state index in [2.05, 4.69) is 20.6 Å². The van der Waals surface area contributed by atoms with E-state index in [0.29, 0.717) is 16.3 Å². The van der Waals surface area contributed by atoms with Crippen molar-refractivity contribution in [1.82, 2.24) is 15.3 Å². The molecule has 0 aliphatic heterocycles. The van der Waals surface area contributed by atoms with Crippen molar-refractivity contribution in [2.45, 2.75) is 6.04 Å². The fraction of sp³-hybridized carbons (Fsp3) is 0.100. The summed E-state index contributed by atoms with van der Waals surface area (Å²) in [6, 6.07) is 10.9. The molecule has 9 heteroatoms. The Balaban J connectivity index is 1.47. The third-order valence-electron chi connectivity index (χ3n) is 4.32. The number of fused-ring (bicyclic) bond motifs is 1. The van der Waals surface area contributed by atoms with Gasteiger partial charge < -0.3 is 26.1 Å². The van der Waals surface area contributed by atoms with E-state index in [1.807, 2.05) is 23.6 Å². The molecule has 0 spiro atoms. The zero-order chi connectivity index (χ0) is 20.2. The fourth-order valence-electron chi connectivity index (χ4n) is 2.94. The number of benzene rings is 1. The van der Waals surface area contributed by atoms with Gasteiger partial charge in [0.25, 0.3) is 0 Å². The molecule has 7 nitrogen and oxygen atoms in total. The number of ether oxygens (including phenoxy) is 1. The summed E-state index contributed by atoms with van der Waals surface area (Å²) in [5.74, 6) is -0.394. The van der Waals surface area contributed by atoms with Crippen LogP contribution in [0.15, 0.2) is 60.2 Å². The first-order valence-corrected chi connectivity index (χ1v) is 9.72. The normalized spacial score (nSPS) is 11.9. The number of nitrogens with two attached hydrogens (primary N) is 1. The SMILES string of the molecule is NC[C@@H](NC(=O)Oc1sccc1Nc1ccnc2[nH]ccc12)c1cccc(F)c1. The molecule has 0 unspecified atom stereocenters. The topological polar surface area (TPSA) is 105 Å². The second-order valence-electron chi connectivity index (χ2n) is 6.22. The Bertz CT molecular complexity index is 1140. The maximum atomic E-state index is 13.5. The lowest BCUT2D eigenvalue weighted by atomic mass is 10.1. The molecule has 1 atom stereocenters. The highest BCUT2D eigenvalue weighted by molar-refractivity contribution is 7.12. The van der Waals surface area contributed by atoms with Crippen LogP contribution in [0.1, 0.15) is 11.6 Å². The number of hydrogen-bond acceptors (Lipinski definition) is 6.